The van der Waals surface area contributed by atoms with Gasteiger partial charge in [0.25, 0.3) is 0 Å². The lowest BCUT2D eigenvalue weighted by atomic mass is 9.91. The minimum atomic E-state index is 0.866. The molecule has 1 aliphatic rings. The van der Waals surface area contributed by atoms with Crippen molar-refractivity contribution >= 4 is 11.8 Å². The van der Waals surface area contributed by atoms with Gasteiger partial charge in [0.05, 0.1) is 0 Å². The van der Waals surface area contributed by atoms with Crippen LogP contribution in [0.2, 0.25) is 0 Å². The Morgan fingerprint density at radius 1 is 1.10 bits per heavy atom. The average molecular weight is 287 g/mol. The molecule has 0 aliphatic heterocycles. The molecular formula is C16H21N3S. The van der Waals surface area contributed by atoms with Crippen molar-refractivity contribution in [1.29, 1.82) is 0 Å². The van der Waals surface area contributed by atoms with Crippen LogP contribution in [0.3, 0.4) is 0 Å². The monoisotopic (exact) mass is 287 g/mol. The molecule has 0 N–H and O–H groups in total. The molecule has 4 heteroatoms. The van der Waals surface area contributed by atoms with Crippen LogP contribution < -0.4 is 0 Å². The van der Waals surface area contributed by atoms with Gasteiger partial charge in [0.2, 0.25) is 0 Å². The van der Waals surface area contributed by atoms with Gasteiger partial charge in [-0.25, -0.2) is 0 Å². The minimum Gasteiger partial charge on any atom is -0.305 e. The van der Waals surface area contributed by atoms with Crippen molar-refractivity contribution in [3.8, 4) is 11.4 Å². The zero-order valence-electron chi connectivity index (χ0n) is 12.0. The second kappa shape index (κ2) is 6.44. The highest BCUT2D eigenvalue weighted by atomic mass is 32.2. The highest BCUT2D eigenvalue weighted by Crippen LogP contribution is 2.30. The van der Waals surface area contributed by atoms with Crippen molar-refractivity contribution in [3.63, 3.8) is 0 Å². The van der Waals surface area contributed by atoms with Crippen molar-refractivity contribution in [2.75, 3.05) is 5.75 Å². The summed E-state index contributed by atoms with van der Waals surface area (Å²) in [6, 6.07) is 10.3. The Labute approximate surface area is 124 Å². The summed E-state index contributed by atoms with van der Waals surface area (Å²) in [5.41, 5.74) is 1.13. The van der Waals surface area contributed by atoms with E-state index >= 15 is 0 Å². The predicted molar refractivity (Wildman–Crippen MR) is 83.7 cm³/mol. The Morgan fingerprint density at radius 2 is 1.85 bits per heavy atom. The smallest absolute Gasteiger partial charge is 0.191 e. The van der Waals surface area contributed by atoms with E-state index in [4.69, 9.17) is 0 Å². The fraction of sp³-hybridized carbons (Fsp3) is 0.500. The molecule has 2 aromatic rings. The van der Waals surface area contributed by atoms with Crippen LogP contribution in [0.1, 0.15) is 32.1 Å². The maximum absolute atomic E-state index is 4.35. The molecule has 106 valence electrons. The quantitative estimate of drug-likeness (QED) is 0.791. The van der Waals surface area contributed by atoms with Crippen LogP contribution >= 0.6 is 11.8 Å². The molecule has 1 saturated carbocycles. The van der Waals surface area contributed by atoms with Gasteiger partial charge < -0.3 is 4.57 Å². The molecule has 1 fully saturated rings. The molecule has 0 bridgehead atoms. The van der Waals surface area contributed by atoms with Gasteiger partial charge in [-0.3, -0.25) is 0 Å². The standard InChI is InChI=1S/C16H21N3S/c1-19-15(14-10-6-3-7-11-14)17-18-16(19)20-12-13-8-4-2-5-9-13/h3,6-7,10-11,13H,2,4-5,8-9,12H2,1H3. The number of hydrogen-bond donors (Lipinski definition) is 0. The topological polar surface area (TPSA) is 30.7 Å². The van der Waals surface area contributed by atoms with Crippen LogP contribution in [-0.2, 0) is 7.05 Å². The van der Waals surface area contributed by atoms with Crippen LogP contribution in [0.4, 0.5) is 0 Å². The van der Waals surface area contributed by atoms with E-state index < -0.39 is 0 Å². The fourth-order valence-electron chi connectivity index (χ4n) is 2.83. The second-order valence-corrected chi connectivity index (χ2v) is 6.53. The lowest BCUT2D eigenvalue weighted by Crippen LogP contribution is -2.09. The zero-order chi connectivity index (χ0) is 13.8. The first-order chi connectivity index (χ1) is 9.84. The first kappa shape index (κ1) is 13.7. The van der Waals surface area contributed by atoms with Gasteiger partial charge in [-0.2, -0.15) is 0 Å². The summed E-state index contributed by atoms with van der Waals surface area (Å²) in [6.45, 7) is 0. The fourth-order valence-corrected chi connectivity index (χ4v) is 3.92. The summed E-state index contributed by atoms with van der Waals surface area (Å²) in [4.78, 5) is 0. The van der Waals surface area contributed by atoms with E-state index in [9.17, 15) is 0 Å². The number of aromatic nitrogens is 3. The van der Waals surface area contributed by atoms with E-state index in [2.05, 4.69) is 33.9 Å². The molecule has 1 aromatic heterocycles. The molecular weight excluding hydrogens is 266 g/mol. The Kier molecular flexibility index (Phi) is 4.41. The third-order valence-corrected chi connectivity index (χ3v) is 5.29. The van der Waals surface area contributed by atoms with Gasteiger partial charge in [-0.1, -0.05) is 61.4 Å². The molecule has 1 aliphatic carbocycles. The summed E-state index contributed by atoms with van der Waals surface area (Å²) in [6.07, 6.45) is 6.99. The molecule has 0 unspecified atom stereocenters. The first-order valence-electron chi connectivity index (χ1n) is 7.42. The molecule has 0 atom stereocenters. The molecule has 3 rings (SSSR count). The van der Waals surface area contributed by atoms with Gasteiger partial charge in [0.1, 0.15) is 0 Å². The van der Waals surface area contributed by atoms with Gasteiger partial charge in [0, 0.05) is 18.4 Å². The van der Waals surface area contributed by atoms with Crippen LogP contribution in [0.25, 0.3) is 11.4 Å². The maximum atomic E-state index is 4.35. The number of thioether (sulfide) groups is 1. The second-order valence-electron chi connectivity index (χ2n) is 5.55. The number of hydrogen-bond acceptors (Lipinski definition) is 3. The highest BCUT2D eigenvalue weighted by Gasteiger charge is 2.16. The van der Waals surface area contributed by atoms with Crippen LogP contribution in [0.5, 0.6) is 0 Å². The normalized spacial score (nSPS) is 16.4. The largest absolute Gasteiger partial charge is 0.305 e. The highest BCUT2D eigenvalue weighted by molar-refractivity contribution is 7.99. The average Bonchev–Trinajstić information content (AvgIpc) is 2.88. The van der Waals surface area contributed by atoms with Crippen molar-refractivity contribution in [3.05, 3.63) is 30.3 Å². The summed E-state index contributed by atoms with van der Waals surface area (Å²) >= 11 is 1.86. The Balaban J connectivity index is 1.67. The molecule has 20 heavy (non-hydrogen) atoms. The van der Waals surface area contributed by atoms with Crippen molar-refractivity contribution < 1.29 is 0 Å². The summed E-state index contributed by atoms with van der Waals surface area (Å²) < 4.78 is 2.11. The molecule has 0 radical (unpaired) electrons. The molecule has 1 heterocycles. The Bertz CT molecular complexity index is 544. The Morgan fingerprint density at radius 3 is 2.60 bits per heavy atom. The van der Waals surface area contributed by atoms with E-state index in [0.717, 1.165) is 22.5 Å². The maximum Gasteiger partial charge on any atom is 0.191 e. The number of benzene rings is 1. The number of rotatable bonds is 4. The molecule has 0 saturated heterocycles. The van der Waals surface area contributed by atoms with E-state index in [1.807, 2.05) is 30.0 Å². The lowest BCUT2D eigenvalue weighted by Gasteiger charge is -2.20. The van der Waals surface area contributed by atoms with Gasteiger partial charge in [-0.15, -0.1) is 10.2 Å². The summed E-state index contributed by atoms with van der Waals surface area (Å²) in [7, 11) is 2.06. The lowest BCUT2D eigenvalue weighted by molar-refractivity contribution is 0.390. The van der Waals surface area contributed by atoms with E-state index in [0.29, 0.717) is 0 Å². The van der Waals surface area contributed by atoms with E-state index in [1.54, 1.807) is 0 Å². The van der Waals surface area contributed by atoms with Crippen molar-refractivity contribution in [2.45, 2.75) is 37.3 Å². The van der Waals surface area contributed by atoms with E-state index in [1.165, 1.54) is 37.9 Å². The third-order valence-electron chi connectivity index (χ3n) is 4.04. The van der Waals surface area contributed by atoms with Gasteiger partial charge in [-0.05, 0) is 18.8 Å². The predicted octanol–water partition coefficient (Wildman–Crippen LogP) is 4.15. The third kappa shape index (κ3) is 3.06. The van der Waals surface area contributed by atoms with Crippen molar-refractivity contribution in [2.24, 2.45) is 13.0 Å². The zero-order valence-corrected chi connectivity index (χ0v) is 12.8. The van der Waals surface area contributed by atoms with Crippen LogP contribution in [-0.4, -0.2) is 20.5 Å². The molecule has 3 nitrogen and oxygen atoms in total. The Hall–Kier alpha value is -1.29. The first-order valence-corrected chi connectivity index (χ1v) is 8.41. The molecule has 0 spiro atoms. The molecule has 0 amide bonds. The minimum absolute atomic E-state index is 0.866. The number of nitrogens with zero attached hydrogens (tertiary/aromatic N) is 3. The summed E-state index contributed by atoms with van der Waals surface area (Å²) in [5, 5.41) is 9.73. The van der Waals surface area contributed by atoms with Gasteiger partial charge >= 0.3 is 0 Å². The van der Waals surface area contributed by atoms with E-state index in [-0.39, 0.29) is 0 Å². The molecule has 1 aromatic carbocycles. The summed E-state index contributed by atoms with van der Waals surface area (Å²) in [5.74, 6) is 3.00. The van der Waals surface area contributed by atoms with Crippen LogP contribution in [0, 0.1) is 5.92 Å². The van der Waals surface area contributed by atoms with Crippen molar-refractivity contribution in [1.82, 2.24) is 14.8 Å². The van der Waals surface area contributed by atoms with Crippen LogP contribution in [0.15, 0.2) is 35.5 Å². The van der Waals surface area contributed by atoms with Gasteiger partial charge in [0.15, 0.2) is 11.0 Å². The SMILES string of the molecule is Cn1c(SCC2CCCCC2)nnc1-c1ccccc1.